The molecule has 90 valence electrons. The Hall–Kier alpha value is -0.770. The van der Waals surface area contributed by atoms with Gasteiger partial charge in [0.15, 0.2) is 0 Å². The molecule has 3 nitrogen and oxygen atoms in total. The molecule has 0 saturated carbocycles. The van der Waals surface area contributed by atoms with Crippen molar-refractivity contribution in [3.8, 4) is 5.75 Å². The lowest BCUT2D eigenvalue weighted by Crippen LogP contribution is -2.18. The SMILES string of the molecule is COc1c(C)cc(Cl)cc1CNCCCN. The minimum absolute atomic E-state index is 0.707. The summed E-state index contributed by atoms with van der Waals surface area (Å²) in [5.74, 6) is 0.907. The molecule has 0 aromatic heterocycles. The molecule has 0 aliphatic rings. The summed E-state index contributed by atoms with van der Waals surface area (Å²) in [7, 11) is 1.68. The minimum atomic E-state index is 0.707. The topological polar surface area (TPSA) is 47.3 Å². The second-order valence-corrected chi connectivity index (χ2v) is 4.17. The van der Waals surface area contributed by atoms with E-state index in [1.807, 2.05) is 19.1 Å². The van der Waals surface area contributed by atoms with Crippen molar-refractivity contribution in [2.75, 3.05) is 20.2 Å². The Kier molecular flexibility index (Phi) is 5.60. The third-order valence-electron chi connectivity index (χ3n) is 2.39. The maximum atomic E-state index is 6.02. The maximum absolute atomic E-state index is 6.02. The van der Waals surface area contributed by atoms with Crippen molar-refractivity contribution in [2.24, 2.45) is 5.73 Å². The van der Waals surface area contributed by atoms with Crippen LogP contribution in [0.2, 0.25) is 5.02 Å². The van der Waals surface area contributed by atoms with Crippen molar-refractivity contribution in [3.05, 3.63) is 28.3 Å². The summed E-state index contributed by atoms with van der Waals surface area (Å²) in [6, 6.07) is 3.84. The molecule has 1 aromatic rings. The number of benzene rings is 1. The third-order valence-corrected chi connectivity index (χ3v) is 2.61. The summed E-state index contributed by atoms with van der Waals surface area (Å²) in [4.78, 5) is 0. The molecular formula is C12H19ClN2O. The monoisotopic (exact) mass is 242 g/mol. The van der Waals surface area contributed by atoms with Gasteiger partial charge in [-0.25, -0.2) is 0 Å². The van der Waals surface area contributed by atoms with Gasteiger partial charge in [0.1, 0.15) is 5.75 Å². The van der Waals surface area contributed by atoms with Crippen LogP contribution in [0.4, 0.5) is 0 Å². The Morgan fingerprint density at radius 1 is 1.44 bits per heavy atom. The van der Waals surface area contributed by atoms with Crippen molar-refractivity contribution in [2.45, 2.75) is 19.9 Å². The molecule has 3 N–H and O–H groups in total. The standard InChI is InChI=1S/C12H19ClN2O/c1-9-6-11(13)7-10(12(9)16-2)8-15-5-3-4-14/h6-7,15H,3-5,8,14H2,1-2H3. The molecule has 0 atom stereocenters. The van der Waals surface area contributed by atoms with Gasteiger partial charge in [-0.2, -0.15) is 0 Å². The molecule has 0 saturated heterocycles. The summed E-state index contributed by atoms with van der Waals surface area (Å²) >= 11 is 6.02. The van der Waals surface area contributed by atoms with E-state index < -0.39 is 0 Å². The molecule has 1 rings (SSSR count). The van der Waals surface area contributed by atoms with Crippen LogP contribution in [-0.2, 0) is 6.54 Å². The van der Waals surface area contributed by atoms with Gasteiger partial charge in [0.25, 0.3) is 0 Å². The van der Waals surface area contributed by atoms with Gasteiger partial charge in [-0.15, -0.1) is 0 Å². The van der Waals surface area contributed by atoms with Crippen molar-refractivity contribution in [3.63, 3.8) is 0 Å². The molecule has 0 bridgehead atoms. The number of halogens is 1. The van der Waals surface area contributed by atoms with Gasteiger partial charge in [0.05, 0.1) is 7.11 Å². The fourth-order valence-electron chi connectivity index (χ4n) is 1.67. The lowest BCUT2D eigenvalue weighted by molar-refractivity contribution is 0.404. The van der Waals surface area contributed by atoms with E-state index in [0.717, 1.165) is 41.4 Å². The normalized spacial score (nSPS) is 10.5. The van der Waals surface area contributed by atoms with Gasteiger partial charge in [-0.1, -0.05) is 11.6 Å². The summed E-state index contributed by atoms with van der Waals surface area (Å²) in [6.07, 6.45) is 0.974. The van der Waals surface area contributed by atoms with Gasteiger partial charge in [0.2, 0.25) is 0 Å². The lowest BCUT2D eigenvalue weighted by atomic mass is 10.1. The van der Waals surface area contributed by atoms with E-state index in [-0.39, 0.29) is 0 Å². The van der Waals surface area contributed by atoms with Crippen LogP contribution < -0.4 is 15.8 Å². The van der Waals surface area contributed by atoms with Crippen molar-refractivity contribution >= 4 is 11.6 Å². The predicted molar refractivity (Wildman–Crippen MR) is 68.1 cm³/mol. The van der Waals surface area contributed by atoms with Crippen LogP contribution >= 0.6 is 11.6 Å². The quantitative estimate of drug-likeness (QED) is 0.751. The molecule has 0 aliphatic heterocycles. The molecule has 0 aliphatic carbocycles. The second-order valence-electron chi connectivity index (χ2n) is 3.73. The number of hydrogen-bond acceptors (Lipinski definition) is 3. The molecule has 0 amide bonds. The maximum Gasteiger partial charge on any atom is 0.126 e. The average molecular weight is 243 g/mol. The summed E-state index contributed by atoms with van der Waals surface area (Å²) in [5.41, 5.74) is 7.57. The number of methoxy groups -OCH3 is 1. The molecule has 16 heavy (non-hydrogen) atoms. The minimum Gasteiger partial charge on any atom is -0.496 e. The van der Waals surface area contributed by atoms with E-state index >= 15 is 0 Å². The van der Waals surface area contributed by atoms with Crippen molar-refractivity contribution < 1.29 is 4.74 Å². The Labute approximate surface area is 102 Å². The molecular weight excluding hydrogens is 224 g/mol. The summed E-state index contributed by atoms with van der Waals surface area (Å²) in [5, 5.41) is 4.06. The molecule has 0 unspecified atom stereocenters. The highest BCUT2D eigenvalue weighted by Gasteiger charge is 2.07. The first-order chi connectivity index (χ1) is 7.69. The zero-order chi connectivity index (χ0) is 12.0. The first-order valence-electron chi connectivity index (χ1n) is 5.42. The highest BCUT2D eigenvalue weighted by atomic mass is 35.5. The van der Waals surface area contributed by atoms with E-state index in [0.29, 0.717) is 6.54 Å². The van der Waals surface area contributed by atoms with Crippen LogP contribution in [0.15, 0.2) is 12.1 Å². The van der Waals surface area contributed by atoms with Crippen LogP contribution in [0.25, 0.3) is 0 Å². The van der Waals surface area contributed by atoms with E-state index in [1.54, 1.807) is 7.11 Å². The number of nitrogens with one attached hydrogen (secondary N) is 1. The van der Waals surface area contributed by atoms with Crippen LogP contribution in [0.1, 0.15) is 17.5 Å². The predicted octanol–water partition coefficient (Wildman–Crippen LogP) is 2.10. The van der Waals surface area contributed by atoms with Crippen LogP contribution in [-0.4, -0.2) is 20.2 Å². The van der Waals surface area contributed by atoms with E-state index in [4.69, 9.17) is 22.1 Å². The Morgan fingerprint density at radius 2 is 2.19 bits per heavy atom. The number of aryl methyl sites for hydroxylation is 1. The largest absolute Gasteiger partial charge is 0.496 e. The summed E-state index contributed by atoms with van der Waals surface area (Å²) in [6.45, 7) is 4.36. The molecule has 0 spiro atoms. The Morgan fingerprint density at radius 3 is 2.81 bits per heavy atom. The molecule has 0 heterocycles. The number of hydrogen-bond donors (Lipinski definition) is 2. The van der Waals surface area contributed by atoms with Gasteiger partial charge >= 0.3 is 0 Å². The Bertz CT molecular complexity index is 342. The lowest BCUT2D eigenvalue weighted by Gasteiger charge is -2.12. The van der Waals surface area contributed by atoms with E-state index in [9.17, 15) is 0 Å². The Balaban J connectivity index is 2.69. The molecule has 1 aromatic carbocycles. The van der Waals surface area contributed by atoms with Crippen molar-refractivity contribution in [1.29, 1.82) is 0 Å². The van der Waals surface area contributed by atoms with Crippen molar-refractivity contribution in [1.82, 2.24) is 5.32 Å². The fraction of sp³-hybridized carbons (Fsp3) is 0.500. The van der Waals surface area contributed by atoms with Gasteiger partial charge in [0, 0.05) is 17.1 Å². The number of nitrogens with two attached hydrogens (primary N) is 1. The average Bonchev–Trinajstić information content (AvgIpc) is 2.24. The second kappa shape index (κ2) is 6.74. The van der Waals surface area contributed by atoms with Crippen LogP contribution in [0.5, 0.6) is 5.75 Å². The number of ether oxygens (including phenoxy) is 1. The first-order valence-corrected chi connectivity index (χ1v) is 5.80. The highest BCUT2D eigenvalue weighted by Crippen LogP contribution is 2.27. The first kappa shape index (κ1) is 13.3. The fourth-order valence-corrected chi connectivity index (χ4v) is 1.97. The summed E-state index contributed by atoms with van der Waals surface area (Å²) < 4.78 is 5.36. The highest BCUT2D eigenvalue weighted by molar-refractivity contribution is 6.30. The smallest absolute Gasteiger partial charge is 0.126 e. The molecule has 0 fully saturated rings. The van der Waals surface area contributed by atoms with E-state index in [1.165, 1.54) is 0 Å². The van der Waals surface area contributed by atoms with Gasteiger partial charge < -0.3 is 15.8 Å². The van der Waals surface area contributed by atoms with Gasteiger partial charge in [-0.3, -0.25) is 0 Å². The zero-order valence-electron chi connectivity index (χ0n) is 9.85. The van der Waals surface area contributed by atoms with E-state index in [2.05, 4.69) is 5.32 Å². The zero-order valence-corrected chi connectivity index (χ0v) is 10.6. The molecule has 0 radical (unpaired) electrons. The third kappa shape index (κ3) is 3.67. The van der Waals surface area contributed by atoms with Crippen LogP contribution in [0.3, 0.4) is 0 Å². The number of rotatable bonds is 6. The molecule has 4 heteroatoms. The van der Waals surface area contributed by atoms with Gasteiger partial charge in [-0.05, 0) is 44.1 Å². The van der Waals surface area contributed by atoms with Crippen LogP contribution in [0, 0.1) is 6.92 Å².